The highest BCUT2D eigenvalue weighted by atomic mass is 16.6. The lowest BCUT2D eigenvalue weighted by atomic mass is 10.1. The lowest BCUT2D eigenvalue weighted by molar-refractivity contribution is -0.151. The minimum Gasteiger partial charge on any atom is -0.478 e. The van der Waals surface area contributed by atoms with Crippen LogP contribution in [0.1, 0.15) is 30.6 Å². The zero-order chi connectivity index (χ0) is 15.1. The molecule has 6 nitrogen and oxygen atoms in total. The number of hydrogen-bond donors (Lipinski definition) is 1. The molecule has 0 aliphatic rings. The molecule has 20 heavy (non-hydrogen) atoms. The fourth-order valence-electron chi connectivity index (χ4n) is 1.61. The molecule has 0 aromatic heterocycles. The second-order valence-corrected chi connectivity index (χ2v) is 4.01. The zero-order valence-corrected chi connectivity index (χ0v) is 11.8. The number of rotatable bonds is 6. The van der Waals surface area contributed by atoms with E-state index in [4.69, 9.17) is 15.2 Å². The van der Waals surface area contributed by atoms with Crippen LogP contribution in [-0.4, -0.2) is 31.8 Å². The minimum absolute atomic E-state index is 0.176. The summed E-state index contributed by atoms with van der Waals surface area (Å²) in [6.45, 7) is 3.77. The number of benzene rings is 1. The van der Waals surface area contributed by atoms with Crippen LogP contribution in [0.4, 0.5) is 5.69 Å². The van der Waals surface area contributed by atoms with Crippen LogP contribution in [0.25, 0.3) is 0 Å². The minimum atomic E-state index is -0.776. The SMILES string of the molecule is CCOC(=O)C(CC)Oc1ccc(N)cc1C(=O)OC. The van der Waals surface area contributed by atoms with Gasteiger partial charge in [0.15, 0.2) is 6.10 Å². The standard InChI is InChI=1S/C14H19NO5/c1-4-11(14(17)19-5-2)20-12-7-6-9(15)8-10(12)13(16)18-3/h6-8,11H,4-5,15H2,1-3H3. The third kappa shape index (κ3) is 3.88. The van der Waals surface area contributed by atoms with Gasteiger partial charge in [-0.2, -0.15) is 0 Å². The summed E-state index contributed by atoms with van der Waals surface area (Å²) < 4.78 is 15.1. The molecule has 0 bridgehead atoms. The van der Waals surface area contributed by atoms with Crippen LogP contribution in [0.3, 0.4) is 0 Å². The molecule has 0 radical (unpaired) electrons. The first-order valence-corrected chi connectivity index (χ1v) is 6.34. The fourth-order valence-corrected chi connectivity index (χ4v) is 1.61. The van der Waals surface area contributed by atoms with E-state index in [1.54, 1.807) is 19.9 Å². The number of nitrogens with two attached hydrogens (primary N) is 1. The highest BCUT2D eigenvalue weighted by Gasteiger charge is 2.23. The van der Waals surface area contributed by atoms with E-state index in [9.17, 15) is 9.59 Å². The molecule has 0 amide bonds. The van der Waals surface area contributed by atoms with Crippen LogP contribution in [0.5, 0.6) is 5.75 Å². The van der Waals surface area contributed by atoms with Gasteiger partial charge in [0.1, 0.15) is 11.3 Å². The van der Waals surface area contributed by atoms with Crippen molar-refractivity contribution in [2.45, 2.75) is 26.4 Å². The molecular weight excluding hydrogens is 262 g/mol. The van der Waals surface area contributed by atoms with E-state index in [0.29, 0.717) is 12.1 Å². The van der Waals surface area contributed by atoms with Gasteiger partial charge in [-0.3, -0.25) is 0 Å². The highest BCUT2D eigenvalue weighted by molar-refractivity contribution is 5.93. The van der Waals surface area contributed by atoms with Crippen molar-refractivity contribution in [1.82, 2.24) is 0 Å². The van der Waals surface area contributed by atoms with Crippen molar-refractivity contribution < 1.29 is 23.8 Å². The number of methoxy groups -OCH3 is 1. The summed E-state index contributed by atoms with van der Waals surface area (Å²) in [5.74, 6) is -0.806. The molecule has 0 fully saturated rings. The summed E-state index contributed by atoms with van der Waals surface area (Å²) in [5.41, 5.74) is 6.22. The normalized spacial score (nSPS) is 11.6. The van der Waals surface area contributed by atoms with Crippen LogP contribution < -0.4 is 10.5 Å². The molecule has 0 spiro atoms. The molecule has 1 unspecified atom stereocenters. The Kier molecular flexibility index (Phi) is 5.83. The van der Waals surface area contributed by atoms with Crippen molar-refractivity contribution >= 4 is 17.6 Å². The van der Waals surface area contributed by atoms with Gasteiger partial charge >= 0.3 is 11.9 Å². The quantitative estimate of drug-likeness (QED) is 0.631. The Labute approximate surface area is 117 Å². The van der Waals surface area contributed by atoms with Crippen LogP contribution in [0.2, 0.25) is 0 Å². The monoisotopic (exact) mass is 281 g/mol. The molecule has 0 aliphatic carbocycles. The van der Waals surface area contributed by atoms with Crippen molar-refractivity contribution in [3.63, 3.8) is 0 Å². The average Bonchev–Trinajstić information content (AvgIpc) is 2.45. The van der Waals surface area contributed by atoms with Gasteiger partial charge in [-0.15, -0.1) is 0 Å². The second kappa shape index (κ2) is 7.37. The summed E-state index contributed by atoms with van der Waals surface area (Å²) >= 11 is 0. The van der Waals surface area contributed by atoms with Crippen LogP contribution >= 0.6 is 0 Å². The summed E-state index contributed by atoms with van der Waals surface area (Å²) in [4.78, 5) is 23.4. The zero-order valence-electron chi connectivity index (χ0n) is 11.8. The van der Waals surface area contributed by atoms with Gasteiger partial charge in [-0.05, 0) is 31.5 Å². The number of carbonyl (C=O) groups is 2. The lowest BCUT2D eigenvalue weighted by Crippen LogP contribution is -2.29. The number of esters is 2. The maximum Gasteiger partial charge on any atom is 0.347 e. The number of hydrogen-bond acceptors (Lipinski definition) is 6. The highest BCUT2D eigenvalue weighted by Crippen LogP contribution is 2.24. The van der Waals surface area contributed by atoms with E-state index >= 15 is 0 Å². The Hall–Kier alpha value is -2.24. The Morgan fingerprint density at radius 1 is 1.30 bits per heavy atom. The smallest absolute Gasteiger partial charge is 0.347 e. The van der Waals surface area contributed by atoms with Crippen molar-refractivity contribution in [2.75, 3.05) is 19.5 Å². The van der Waals surface area contributed by atoms with Gasteiger partial charge in [0, 0.05) is 5.69 Å². The molecule has 1 rings (SSSR count). The van der Waals surface area contributed by atoms with Gasteiger partial charge in [0.25, 0.3) is 0 Å². The molecule has 0 aliphatic heterocycles. The first kappa shape index (κ1) is 15.8. The Morgan fingerprint density at radius 3 is 2.55 bits per heavy atom. The molecule has 1 aromatic rings. The molecule has 2 N–H and O–H groups in total. The van der Waals surface area contributed by atoms with Gasteiger partial charge in [0.2, 0.25) is 0 Å². The van der Waals surface area contributed by atoms with Crippen molar-refractivity contribution in [3.05, 3.63) is 23.8 Å². The largest absolute Gasteiger partial charge is 0.478 e. The molecule has 6 heteroatoms. The molecule has 0 heterocycles. The molecule has 0 saturated heterocycles. The van der Waals surface area contributed by atoms with E-state index in [2.05, 4.69) is 4.74 Å². The van der Waals surface area contributed by atoms with E-state index < -0.39 is 18.0 Å². The van der Waals surface area contributed by atoms with E-state index in [1.807, 2.05) is 0 Å². The topological polar surface area (TPSA) is 87.9 Å². The van der Waals surface area contributed by atoms with E-state index in [1.165, 1.54) is 19.2 Å². The van der Waals surface area contributed by atoms with E-state index in [0.717, 1.165) is 0 Å². The maximum atomic E-state index is 11.7. The van der Waals surface area contributed by atoms with Crippen LogP contribution in [0.15, 0.2) is 18.2 Å². The molecular formula is C14H19NO5. The molecule has 1 atom stereocenters. The molecule has 110 valence electrons. The summed E-state index contributed by atoms with van der Waals surface area (Å²) in [5, 5.41) is 0. The Bertz CT molecular complexity index is 486. The number of nitrogen functional groups attached to an aromatic ring is 1. The summed E-state index contributed by atoms with van der Waals surface area (Å²) in [6.07, 6.45) is -0.355. The van der Waals surface area contributed by atoms with Gasteiger partial charge < -0.3 is 19.9 Å². The third-order valence-electron chi connectivity index (χ3n) is 2.60. The van der Waals surface area contributed by atoms with E-state index in [-0.39, 0.29) is 17.9 Å². The van der Waals surface area contributed by atoms with Crippen molar-refractivity contribution in [2.24, 2.45) is 0 Å². The summed E-state index contributed by atoms with van der Waals surface area (Å²) in [7, 11) is 1.26. The van der Waals surface area contributed by atoms with Gasteiger partial charge in [-0.25, -0.2) is 9.59 Å². The van der Waals surface area contributed by atoms with Crippen LogP contribution in [0, 0.1) is 0 Å². The van der Waals surface area contributed by atoms with Crippen LogP contribution in [-0.2, 0) is 14.3 Å². The Balaban J connectivity index is 3.00. The van der Waals surface area contributed by atoms with Crippen molar-refractivity contribution in [1.29, 1.82) is 0 Å². The first-order chi connectivity index (χ1) is 9.53. The predicted octanol–water partition coefficient (Wildman–Crippen LogP) is 1.78. The number of ether oxygens (including phenoxy) is 3. The first-order valence-electron chi connectivity index (χ1n) is 6.34. The van der Waals surface area contributed by atoms with Gasteiger partial charge in [0.05, 0.1) is 13.7 Å². The average molecular weight is 281 g/mol. The molecule has 0 saturated carbocycles. The van der Waals surface area contributed by atoms with Crippen molar-refractivity contribution in [3.8, 4) is 5.75 Å². The lowest BCUT2D eigenvalue weighted by Gasteiger charge is -2.18. The van der Waals surface area contributed by atoms with Gasteiger partial charge in [-0.1, -0.05) is 6.92 Å². The third-order valence-corrected chi connectivity index (χ3v) is 2.60. The number of anilines is 1. The summed E-state index contributed by atoms with van der Waals surface area (Å²) in [6, 6.07) is 4.56. The molecule has 1 aromatic carbocycles. The Morgan fingerprint density at radius 2 is 2.00 bits per heavy atom. The fraction of sp³-hybridized carbons (Fsp3) is 0.429. The maximum absolute atomic E-state index is 11.7. The predicted molar refractivity (Wildman–Crippen MR) is 73.5 cm³/mol. The number of carbonyl (C=O) groups excluding carboxylic acids is 2. The second-order valence-electron chi connectivity index (χ2n) is 4.01.